The van der Waals surface area contributed by atoms with Crippen LogP contribution in [0, 0.1) is 17.8 Å². The fourth-order valence-electron chi connectivity index (χ4n) is 8.92. The van der Waals surface area contributed by atoms with Crippen LogP contribution in [-0.2, 0) is 65.4 Å². The van der Waals surface area contributed by atoms with E-state index in [4.69, 9.17) is 37.0 Å². The molecule has 3 unspecified atom stereocenters. The van der Waals surface area contributed by atoms with Crippen LogP contribution in [0.2, 0.25) is 0 Å². The van der Waals surface area contributed by atoms with Gasteiger partial charge in [0.15, 0.2) is 12.2 Å². The van der Waals surface area contributed by atoms with Crippen LogP contribution in [-0.4, -0.2) is 96.7 Å². The summed E-state index contributed by atoms with van der Waals surface area (Å²) < 4.78 is 67.8. The van der Waals surface area contributed by atoms with Gasteiger partial charge in [-0.2, -0.15) is 0 Å². The number of ether oxygens (including phenoxy) is 4. The molecular formula is C61H118O17P2. The zero-order chi connectivity index (χ0) is 59.5. The molecule has 474 valence electrons. The number of rotatable bonds is 59. The molecule has 0 aromatic heterocycles. The zero-order valence-electron chi connectivity index (χ0n) is 51.5. The van der Waals surface area contributed by atoms with E-state index in [2.05, 4.69) is 48.5 Å². The Morgan fingerprint density at radius 1 is 0.362 bits per heavy atom. The first-order valence-corrected chi connectivity index (χ1v) is 34.9. The molecule has 0 aromatic carbocycles. The van der Waals surface area contributed by atoms with Gasteiger partial charge in [-0.15, -0.1) is 0 Å². The lowest BCUT2D eigenvalue weighted by molar-refractivity contribution is -0.161. The summed E-state index contributed by atoms with van der Waals surface area (Å²) in [7, 11) is -9.88. The molecule has 0 saturated carbocycles. The maximum Gasteiger partial charge on any atom is 0.472 e. The van der Waals surface area contributed by atoms with Crippen molar-refractivity contribution in [3.63, 3.8) is 0 Å². The minimum atomic E-state index is -4.94. The predicted molar refractivity (Wildman–Crippen MR) is 317 cm³/mol. The van der Waals surface area contributed by atoms with Crippen LogP contribution in [0.3, 0.4) is 0 Å². The van der Waals surface area contributed by atoms with Crippen LogP contribution >= 0.6 is 15.6 Å². The predicted octanol–water partition coefficient (Wildman–Crippen LogP) is 16.3. The lowest BCUT2D eigenvalue weighted by atomic mass is 10.00. The van der Waals surface area contributed by atoms with E-state index in [1.165, 1.54) is 96.3 Å². The molecule has 3 N–H and O–H groups in total. The molecule has 0 aliphatic carbocycles. The second kappa shape index (κ2) is 52.6. The average molecular weight is 1190 g/mol. The average Bonchev–Trinajstić information content (AvgIpc) is 3.41. The number of hydrogen-bond donors (Lipinski definition) is 3. The van der Waals surface area contributed by atoms with E-state index in [0.717, 1.165) is 114 Å². The fourth-order valence-corrected chi connectivity index (χ4v) is 10.5. The number of hydrogen-bond acceptors (Lipinski definition) is 15. The Hall–Kier alpha value is -1.94. The molecule has 19 heteroatoms. The van der Waals surface area contributed by atoms with E-state index in [-0.39, 0.29) is 25.7 Å². The number of aliphatic hydroxyl groups excluding tert-OH is 1. The van der Waals surface area contributed by atoms with E-state index in [0.29, 0.717) is 25.7 Å². The number of phosphoric acid groups is 2. The molecular weight excluding hydrogens is 1070 g/mol. The highest BCUT2D eigenvalue weighted by molar-refractivity contribution is 7.47. The van der Waals surface area contributed by atoms with Crippen molar-refractivity contribution < 1.29 is 80.2 Å². The molecule has 0 saturated heterocycles. The summed E-state index contributed by atoms with van der Waals surface area (Å²) in [5.41, 5.74) is 0. The van der Waals surface area contributed by atoms with Crippen molar-refractivity contribution >= 4 is 39.5 Å². The molecule has 0 spiro atoms. The van der Waals surface area contributed by atoms with Gasteiger partial charge in [-0.25, -0.2) is 9.13 Å². The highest BCUT2D eigenvalue weighted by atomic mass is 31.2. The quantitative estimate of drug-likeness (QED) is 0.0222. The standard InChI is InChI=1S/C61H118O17P2/c1-8-10-11-12-13-20-28-35-42-58(63)71-49-57(78-61(66)45-38-31-24-23-27-34-41-54(7)9-2)51-76-80(69,70)74-47-55(62)46-73-79(67,68)75-50-56(77-60(65)44-37-30-22-17-15-19-26-33-40-53(5)6)48-72-59(64)43-36-29-21-16-14-18-25-32-39-52(3)4/h52-57,62H,8-51H2,1-7H3,(H,67,68)(H,69,70)/t54?,55-,56-,57-/m1/s1. The highest BCUT2D eigenvalue weighted by Gasteiger charge is 2.30. The Kier molecular flexibility index (Phi) is 51.3. The van der Waals surface area contributed by atoms with Gasteiger partial charge in [-0.05, 0) is 43.4 Å². The zero-order valence-corrected chi connectivity index (χ0v) is 53.3. The van der Waals surface area contributed by atoms with Crippen molar-refractivity contribution in [3.8, 4) is 0 Å². The summed E-state index contributed by atoms with van der Waals surface area (Å²) in [5, 5.41) is 10.5. The summed E-state index contributed by atoms with van der Waals surface area (Å²) in [6, 6.07) is 0. The van der Waals surface area contributed by atoms with Crippen molar-refractivity contribution in [2.75, 3.05) is 39.6 Å². The monoisotopic (exact) mass is 1180 g/mol. The number of esters is 4. The van der Waals surface area contributed by atoms with Crippen LogP contribution in [0.15, 0.2) is 0 Å². The Morgan fingerprint density at radius 2 is 0.637 bits per heavy atom. The van der Waals surface area contributed by atoms with Crippen molar-refractivity contribution in [3.05, 3.63) is 0 Å². The molecule has 0 fully saturated rings. The van der Waals surface area contributed by atoms with E-state index >= 15 is 0 Å². The van der Waals surface area contributed by atoms with Gasteiger partial charge < -0.3 is 33.8 Å². The number of unbranched alkanes of at least 4 members (excludes halogenated alkanes) is 26. The lowest BCUT2D eigenvalue weighted by Crippen LogP contribution is -2.30. The number of phosphoric ester groups is 2. The molecule has 17 nitrogen and oxygen atoms in total. The van der Waals surface area contributed by atoms with Gasteiger partial charge in [0, 0.05) is 25.7 Å². The first-order chi connectivity index (χ1) is 38.3. The largest absolute Gasteiger partial charge is 0.472 e. The fraction of sp³-hybridized carbons (Fsp3) is 0.934. The first kappa shape index (κ1) is 78.1. The maximum atomic E-state index is 12.9. The van der Waals surface area contributed by atoms with Gasteiger partial charge >= 0.3 is 39.5 Å². The first-order valence-electron chi connectivity index (χ1n) is 31.9. The number of carbonyl (C=O) groups is 4. The summed E-state index contributed by atoms with van der Waals surface area (Å²) in [4.78, 5) is 72.0. The van der Waals surface area contributed by atoms with Crippen LogP contribution in [0.1, 0.15) is 292 Å². The van der Waals surface area contributed by atoms with Crippen LogP contribution < -0.4 is 0 Å². The topological polar surface area (TPSA) is 237 Å². The van der Waals surface area contributed by atoms with Crippen molar-refractivity contribution in [2.24, 2.45) is 17.8 Å². The highest BCUT2D eigenvalue weighted by Crippen LogP contribution is 2.45. The Balaban J connectivity index is 5.24. The molecule has 0 amide bonds. The molecule has 0 bridgehead atoms. The van der Waals surface area contributed by atoms with E-state index in [1.807, 2.05) is 0 Å². The van der Waals surface area contributed by atoms with Crippen LogP contribution in [0.4, 0.5) is 0 Å². The lowest BCUT2D eigenvalue weighted by Gasteiger charge is -2.21. The van der Waals surface area contributed by atoms with Crippen molar-refractivity contribution in [2.45, 2.75) is 311 Å². The molecule has 6 atom stereocenters. The molecule has 0 rings (SSSR count). The van der Waals surface area contributed by atoms with Gasteiger partial charge in [-0.1, -0.05) is 241 Å². The second-order valence-electron chi connectivity index (χ2n) is 23.3. The van der Waals surface area contributed by atoms with Gasteiger partial charge in [0.2, 0.25) is 0 Å². The summed E-state index contributed by atoms with van der Waals surface area (Å²) in [5.74, 6) is 0.0186. The molecule has 0 aromatic rings. The second-order valence-corrected chi connectivity index (χ2v) is 26.2. The van der Waals surface area contributed by atoms with Gasteiger partial charge in [-0.3, -0.25) is 37.3 Å². The summed E-state index contributed by atoms with van der Waals surface area (Å²) in [6.07, 6.45) is 32.2. The summed E-state index contributed by atoms with van der Waals surface area (Å²) >= 11 is 0. The third-order valence-electron chi connectivity index (χ3n) is 14.2. The Labute approximate surface area is 486 Å². The molecule has 0 radical (unpaired) electrons. The SMILES string of the molecule is CCCCCCCCCCC(=O)OC[C@H](COP(=O)(O)OC[C@H](O)COP(=O)(O)OC[C@@H](COC(=O)CCCCCCCCCCC(C)C)OC(=O)CCCCCCCCCCC(C)C)OC(=O)CCCCCCCCC(C)CC. The van der Waals surface area contributed by atoms with E-state index in [9.17, 15) is 43.2 Å². The van der Waals surface area contributed by atoms with Gasteiger partial charge in [0.1, 0.15) is 19.3 Å². The van der Waals surface area contributed by atoms with Crippen molar-refractivity contribution in [1.82, 2.24) is 0 Å². The van der Waals surface area contributed by atoms with Crippen LogP contribution in [0.5, 0.6) is 0 Å². The van der Waals surface area contributed by atoms with Crippen LogP contribution in [0.25, 0.3) is 0 Å². The van der Waals surface area contributed by atoms with Crippen molar-refractivity contribution in [1.29, 1.82) is 0 Å². The molecule has 80 heavy (non-hydrogen) atoms. The number of aliphatic hydroxyl groups is 1. The third-order valence-corrected chi connectivity index (χ3v) is 16.1. The van der Waals surface area contributed by atoms with E-state index in [1.54, 1.807) is 0 Å². The van der Waals surface area contributed by atoms with Gasteiger partial charge in [0.25, 0.3) is 0 Å². The number of carbonyl (C=O) groups excluding carboxylic acids is 4. The molecule has 0 aliphatic heterocycles. The molecule has 0 aliphatic rings. The van der Waals surface area contributed by atoms with Gasteiger partial charge in [0.05, 0.1) is 26.4 Å². The summed E-state index contributed by atoms with van der Waals surface area (Å²) in [6.45, 7) is 11.6. The Morgan fingerprint density at radius 3 is 0.950 bits per heavy atom. The smallest absolute Gasteiger partial charge is 0.462 e. The maximum absolute atomic E-state index is 12.9. The minimum Gasteiger partial charge on any atom is -0.462 e. The Bertz CT molecular complexity index is 1600. The third kappa shape index (κ3) is 54.0. The molecule has 0 heterocycles. The van der Waals surface area contributed by atoms with E-state index < -0.39 is 97.5 Å². The normalized spacial score (nSPS) is 14.8. The minimum absolute atomic E-state index is 0.102.